The van der Waals surface area contributed by atoms with Gasteiger partial charge in [-0.15, -0.1) is 0 Å². The second-order valence-electron chi connectivity index (χ2n) is 7.30. The number of anilines is 3. The summed E-state index contributed by atoms with van der Waals surface area (Å²) >= 11 is 0. The summed E-state index contributed by atoms with van der Waals surface area (Å²) in [5, 5.41) is 5.40. The molecular weight excluding hydrogens is 362 g/mol. The van der Waals surface area contributed by atoms with Crippen molar-refractivity contribution in [2.75, 3.05) is 10.6 Å². The lowest BCUT2D eigenvalue weighted by molar-refractivity contribution is 0.102. The van der Waals surface area contributed by atoms with Gasteiger partial charge in [0, 0.05) is 18.0 Å². The largest absolute Gasteiger partial charge is 0.322 e. The first-order valence-corrected chi connectivity index (χ1v) is 8.69. The fourth-order valence-corrected chi connectivity index (χ4v) is 2.51. The van der Waals surface area contributed by atoms with E-state index in [9.17, 15) is 13.6 Å². The van der Waals surface area contributed by atoms with Gasteiger partial charge in [-0.3, -0.25) is 4.79 Å². The molecule has 0 aliphatic heterocycles. The molecule has 0 fully saturated rings. The zero-order valence-electron chi connectivity index (χ0n) is 15.8. The minimum Gasteiger partial charge on any atom is -0.322 e. The number of halogens is 2. The van der Waals surface area contributed by atoms with Gasteiger partial charge in [0.25, 0.3) is 5.91 Å². The Kier molecular flexibility index (Phi) is 5.35. The third-order valence-corrected chi connectivity index (χ3v) is 4.07. The van der Waals surface area contributed by atoms with Gasteiger partial charge in [0.05, 0.1) is 5.69 Å². The molecule has 0 saturated carbocycles. The van der Waals surface area contributed by atoms with Gasteiger partial charge in [0.2, 0.25) is 5.95 Å². The SMILES string of the molecule is CC(C)(C)c1ccc(NC(=O)c2ccnc(Nc3ccc(F)cc3F)n2)cc1. The lowest BCUT2D eigenvalue weighted by Gasteiger charge is -2.19. The molecule has 2 N–H and O–H groups in total. The summed E-state index contributed by atoms with van der Waals surface area (Å²) in [6, 6.07) is 12.1. The van der Waals surface area contributed by atoms with E-state index in [1.54, 1.807) is 0 Å². The molecule has 0 bridgehead atoms. The maximum Gasteiger partial charge on any atom is 0.274 e. The fraction of sp³-hybridized carbons (Fsp3) is 0.190. The zero-order chi connectivity index (χ0) is 20.3. The number of carbonyl (C=O) groups is 1. The molecule has 0 radical (unpaired) electrons. The zero-order valence-corrected chi connectivity index (χ0v) is 15.8. The first kappa shape index (κ1) is 19.4. The van der Waals surface area contributed by atoms with Crippen LogP contribution in [0.4, 0.5) is 26.1 Å². The van der Waals surface area contributed by atoms with Crippen molar-refractivity contribution in [2.24, 2.45) is 0 Å². The lowest BCUT2D eigenvalue weighted by Crippen LogP contribution is -2.15. The Morgan fingerprint density at radius 3 is 2.36 bits per heavy atom. The van der Waals surface area contributed by atoms with Crippen LogP contribution in [-0.2, 0) is 5.41 Å². The van der Waals surface area contributed by atoms with Crippen LogP contribution >= 0.6 is 0 Å². The molecule has 3 rings (SSSR count). The average Bonchev–Trinajstić information content (AvgIpc) is 2.64. The van der Waals surface area contributed by atoms with E-state index >= 15 is 0 Å². The summed E-state index contributed by atoms with van der Waals surface area (Å²) in [6.07, 6.45) is 1.38. The Balaban J connectivity index is 1.73. The van der Waals surface area contributed by atoms with Crippen molar-refractivity contribution in [3.05, 3.63) is 77.6 Å². The number of amides is 1. The molecule has 7 heteroatoms. The number of hydrogen-bond donors (Lipinski definition) is 2. The predicted octanol–water partition coefficient (Wildman–Crippen LogP) is 5.05. The minimum atomic E-state index is -0.780. The van der Waals surface area contributed by atoms with Crippen LogP contribution in [0.15, 0.2) is 54.7 Å². The van der Waals surface area contributed by atoms with Crippen molar-refractivity contribution in [1.29, 1.82) is 0 Å². The van der Waals surface area contributed by atoms with E-state index in [1.165, 1.54) is 18.3 Å². The smallest absolute Gasteiger partial charge is 0.274 e. The van der Waals surface area contributed by atoms with Crippen LogP contribution in [0.2, 0.25) is 0 Å². The van der Waals surface area contributed by atoms with Gasteiger partial charge in [0.1, 0.15) is 17.3 Å². The Hall–Kier alpha value is -3.35. The van der Waals surface area contributed by atoms with Crippen molar-refractivity contribution >= 4 is 23.2 Å². The van der Waals surface area contributed by atoms with Crippen molar-refractivity contribution < 1.29 is 13.6 Å². The molecule has 5 nitrogen and oxygen atoms in total. The van der Waals surface area contributed by atoms with Crippen LogP contribution in [0, 0.1) is 11.6 Å². The Labute approximate surface area is 161 Å². The molecule has 0 atom stereocenters. The van der Waals surface area contributed by atoms with Gasteiger partial charge >= 0.3 is 0 Å². The second-order valence-corrected chi connectivity index (χ2v) is 7.30. The Morgan fingerprint density at radius 1 is 1.00 bits per heavy atom. The Morgan fingerprint density at radius 2 is 1.71 bits per heavy atom. The summed E-state index contributed by atoms with van der Waals surface area (Å²) in [5.74, 6) is -1.86. The number of benzene rings is 2. The van der Waals surface area contributed by atoms with E-state index in [0.29, 0.717) is 5.69 Å². The molecule has 3 aromatic rings. The normalized spacial score (nSPS) is 11.2. The first-order chi connectivity index (χ1) is 13.2. The maximum atomic E-state index is 13.8. The van der Waals surface area contributed by atoms with Gasteiger partial charge in [-0.2, -0.15) is 0 Å². The van der Waals surface area contributed by atoms with Crippen molar-refractivity contribution in [1.82, 2.24) is 9.97 Å². The van der Waals surface area contributed by atoms with Crippen LogP contribution in [0.1, 0.15) is 36.8 Å². The molecule has 0 spiro atoms. The van der Waals surface area contributed by atoms with E-state index in [-0.39, 0.29) is 22.7 Å². The summed E-state index contributed by atoms with van der Waals surface area (Å²) in [5.41, 5.74) is 1.93. The van der Waals surface area contributed by atoms with Crippen LogP contribution in [0.25, 0.3) is 0 Å². The molecule has 0 aliphatic rings. The molecule has 2 aromatic carbocycles. The number of hydrogen-bond acceptors (Lipinski definition) is 4. The van der Waals surface area contributed by atoms with E-state index in [2.05, 4.69) is 41.4 Å². The van der Waals surface area contributed by atoms with Crippen LogP contribution in [-0.4, -0.2) is 15.9 Å². The number of nitrogens with zero attached hydrogens (tertiary/aromatic N) is 2. The third kappa shape index (κ3) is 4.68. The number of nitrogens with one attached hydrogen (secondary N) is 2. The second kappa shape index (κ2) is 7.72. The van der Waals surface area contributed by atoms with Crippen molar-refractivity contribution in [3.8, 4) is 0 Å². The highest BCUT2D eigenvalue weighted by Gasteiger charge is 2.14. The quantitative estimate of drug-likeness (QED) is 0.663. The van der Waals surface area contributed by atoms with Crippen LogP contribution < -0.4 is 10.6 Å². The fourth-order valence-electron chi connectivity index (χ4n) is 2.51. The van der Waals surface area contributed by atoms with E-state index in [1.807, 2.05) is 24.3 Å². The van der Waals surface area contributed by atoms with E-state index in [4.69, 9.17) is 0 Å². The summed E-state index contributed by atoms with van der Waals surface area (Å²) in [7, 11) is 0. The Bertz CT molecular complexity index is 998. The molecule has 0 unspecified atom stereocenters. The van der Waals surface area contributed by atoms with E-state index in [0.717, 1.165) is 17.7 Å². The topological polar surface area (TPSA) is 66.9 Å². The number of carbonyl (C=O) groups excluding carboxylic acids is 1. The standard InChI is InChI=1S/C21H20F2N4O/c1-21(2,3)13-4-7-15(8-5-13)25-19(28)18-10-11-24-20(27-18)26-17-9-6-14(22)12-16(17)23/h4-12H,1-3H3,(H,25,28)(H,24,26,27). The summed E-state index contributed by atoms with van der Waals surface area (Å²) in [4.78, 5) is 20.5. The first-order valence-electron chi connectivity index (χ1n) is 8.69. The molecule has 144 valence electrons. The van der Waals surface area contributed by atoms with Crippen molar-refractivity contribution in [2.45, 2.75) is 26.2 Å². The van der Waals surface area contributed by atoms with Crippen LogP contribution in [0.5, 0.6) is 0 Å². The monoisotopic (exact) mass is 382 g/mol. The van der Waals surface area contributed by atoms with Gasteiger partial charge in [0.15, 0.2) is 0 Å². The molecule has 28 heavy (non-hydrogen) atoms. The van der Waals surface area contributed by atoms with Gasteiger partial charge < -0.3 is 10.6 Å². The predicted molar refractivity (Wildman–Crippen MR) is 105 cm³/mol. The van der Waals surface area contributed by atoms with Gasteiger partial charge in [-0.25, -0.2) is 18.7 Å². The number of rotatable bonds is 4. The van der Waals surface area contributed by atoms with Crippen molar-refractivity contribution in [3.63, 3.8) is 0 Å². The van der Waals surface area contributed by atoms with Gasteiger partial charge in [-0.05, 0) is 41.3 Å². The van der Waals surface area contributed by atoms with Crippen LogP contribution in [0.3, 0.4) is 0 Å². The molecule has 1 amide bonds. The van der Waals surface area contributed by atoms with Gasteiger partial charge in [-0.1, -0.05) is 32.9 Å². The summed E-state index contributed by atoms with van der Waals surface area (Å²) in [6.45, 7) is 6.33. The highest BCUT2D eigenvalue weighted by atomic mass is 19.1. The lowest BCUT2D eigenvalue weighted by atomic mass is 9.87. The molecule has 1 aromatic heterocycles. The number of aromatic nitrogens is 2. The highest BCUT2D eigenvalue weighted by molar-refractivity contribution is 6.03. The maximum absolute atomic E-state index is 13.8. The molecule has 1 heterocycles. The molecule has 0 saturated heterocycles. The molecule has 0 aliphatic carbocycles. The third-order valence-electron chi connectivity index (χ3n) is 4.07. The molecular formula is C21H20F2N4O. The average molecular weight is 382 g/mol. The highest BCUT2D eigenvalue weighted by Crippen LogP contribution is 2.24. The minimum absolute atomic E-state index is 0.0109. The summed E-state index contributed by atoms with van der Waals surface area (Å²) < 4.78 is 26.8. The van der Waals surface area contributed by atoms with E-state index < -0.39 is 17.5 Å².